The van der Waals surface area contributed by atoms with E-state index in [1.165, 1.54) is 17.0 Å². The molecule has 0 bridgehead atoms. The number of carbonyl (C=O) groups excluding carboxylic acids is 1. The van der Waals surface area contributed by atoms with Crippen LogP contribution < -0.4 is 10.9 Å². The minimum atomic E-state index is -1.03. The summed E-state index contributed by atoms with van der Waals surface area (Å²) in [6, 6.07) is 11.7. The largest absolute Gasteiger partial charge is 0.388 e. The normalized spacial score (nSPS) is 21.3. The Morgan fingerprint density at radius 3 is 2.72 bits per heavy atom. The summed E-state index contributed by atoms with van der Waals surface area (Å²) in [7, 11) is 0. The molecule has 0 aliphatic carbocycles. The molecule has 1 unspecified atom stereocenters. The summed E-state index contributed by atoms with van der Waals surface area (Å²) in [4.78, 5) is 31.4. The van der Waals surface area contributed by atoms with Crippen molar-refractivity contribution in [2.45, 2.75) is 56.7 Å². The van der Waals surface area contributed by atoms with E-state index in [-0.39, 0.29) is 30.0 Å². The van der Waals surface area contributed by atoms with E-state index in [0.717, 1.165) is 12.0 Å². The van der Waals surface area contributed by atoms with Gasteiger partial charge in [-0.1, -0.05) is 37.3 Å². The minimum absolute atomic E-state index is 0.105. The molecular formula is C24H32N4O4. The zero-order valence-electron chi connectivity index (χ0n) is 18.6. The van der Waals surface area contributed by atoms with Gasteiger partial charge in [-0.15, -0.1) is 0 Å². The van der Waals surface area contributed by atoms with Gasteiger partial charge < -0.3 is 20.1 Å². The van der Waals surface area contributed by atoms with Crippen molar-refractivity contribution in [2.75, 3.05) is 31.6 Å². The number of likely N-dealkylation sites (tertiary alicyclic amines) is 1. The van der Waals surface area contributed by atoms with Crippen molar-refractivity contribution >= 4 is 11.7 Å². The Morgan fingerprint density at radius 1 is 1.31 bits per heavy atom. The quantitative estimate of drug-likeness (QED) is 0.684. The first-order valence-electron chi connectivity index (χ1n) is 11.4. The van der Waals surface area contributed by atoms with Gasteiger partial charge in [-0.05, 0) is 30.7 Å². The number of benzene rings is 1. The van der Waals surface area contributed by atoms with E-state index in [0.29, 0.717) is 51.4 Å². The maximum Gasteiger partial charge on any atom is 0.255 e. The lowest BCUT2D eigenvalue weighted by Crippen LogP contribution is -2.49. The van der Waals surface area contributed by atoms with Crippen molar-refractivity contribution < 1.29 is 14.6 Å². The van der Waals surface area contributed by atoms with Gasteiger partial charge in [-0.25, -0.2) is 4.98 Å². The average molecular weight is 441 g/mol. The highest BCUT2D eigenvalue weighted by Gasteiger charge is 2.35. The van der Waals surface area contributed by atoms with Crippen LogP contribution in [-0.4, -0.2) is 63.4 Å². The van der Waals surface area contributed by atoms with E-state index in [1.54, 1.807) is 0 Å². The smallest absolute Gasteiger partial charge is 0.255 e. The maximum absolute atomic E-state index is 12.7. The lowest BCUT2D eigenvalue weighted by Gasteiger charge is -2.38. The predicted octanol–water partition coefficient (Wildman–Crippen LogP) is 1.99. The first-order valence-corrected chi connectivity index (χ1v) is 11.4. The third-order valence-corrected chi connectivity index (χ3v) is 6.52. The molecule has 2 aromatic rings. The van der Waals surface area contributed by atoms with Gasteiger partial charge in [0.2, 0.25) is 5.91 Å². The number of hydrogen-bond acceptors (Lipinski definition) is 6. The van der Waals surface area contributed by atoms with Crippen LogP contribution in [0.5, 0.6) is 0 Å². The van der Waals surface area contributed by atoms with Crippen LogP contribution in [0.15, 0.2) is 47.5 Å². The second-order valence-corrected chi connectivity index (χ2v) is 9.07. The number of rotatable bonds is 7. The zero-order valence-corrected chi connectivity index (χ0v) is 18.6. The molecule has 0 radical (unpaired) electrons. The summed E-state index contributed by atoms with van der Waals surface area (Å²) in [6.07, 6.45) is 3.70. The average Bonchev–Trinajstić information content (AvgIpc) is 3.30. The van der Waals surface area contributed by atoms with Crippen molar-refractivity contribution in [2.24, 2.45) is 0 Å². The molecule has 2 atom stereocenters. The summed E-state index contributed by atoms with van der Waals surface area (Å²) in [6.45, 7) is 4.54. The van der Waals surface area contributed by atoms with Gasteiger partial charge in [0.05, 0.1) is 31.1 Å². The number of anilines is 1. The molecule has 1 amide bonds. The standard InChI is InChI=1S/C24H32N4O4/c1-18(19-5-3-2-4-6-19)13-22(29)27-10-8-24(31,9-11-27)16-28-17-25-21(14-23(28)30)26-20-7-12-32-15-20/h2-6,14,17-18,20,26,31H,7-13,15-16H2,1H3/t18-,20?/m1/s1. The van der Waals surface area contributed by atoms with E-state index in [9.17, 15) is 14.7 Å². The van der Waals surface area contributed by atoms with Crippen molar-refractivity contribution in [3.8, 4) is 0 Å². The van der Waals surface area contributed by atoms with Gasteiger partial charge >= 0.3 is 0 Å². The lowest BCUT2D eigenvalue weighted by molar-refractivity contribution is -0.136. The number of nitrogens with one attached hydrogen (secondary N) is 1. The van der Waals surface area contributed by atoms with Crippen molar-refractivity contribution in [1.82, 2.24) is 14.5 Å². The minimum Gasteiger partial charge on any atom is -0.388 e. The Morgan fingerprint density at radius 2 is 2.06 bits per heavy atom. The van der Waals surface area contributed by atoms with Crippen molar-refractivity contribution in [3.63, 3.8) is 0 Å². The van der Waals surface area contributed by atoms with E-state index in [1.807, 2.05) is 35.2 Å². The van der Waals surface area contributed by atoms with Crippen LogP contribution in [0, 0.1) is 0 Å². The fraction of sp³-hybridized carbons (Fsp3) is 0.542. The van der Waals surface area contributed by atoms with Gasteiger partial charge in [-0.3, -0.25) is 14.2 Å². The molecule has 172 valence electrons. The fourth-order valence-electron chi connectivity index (χ4n) is 4.42. The number of carbonyl (C=O) groups is 1. The van der Waals surface area contributed by atoms with Crippen LogP contribution in [0.4, 0.5) is 5.82 Å². The maximum atomic E-state index is 12.7. The van der Waals surface area contributed by atoms with E-state index in [2.05, 4.69) is 17.2 Å². The molecule has 8 nitrogen and oxygen atoms in total. The molecule has 2 aliphatic heterocycles. The number of ether oxygens (including phenoxy) is 1. The fourth-order valence-corrected chi connectivity index (χ4v) is 4.42. The highest BCUT2D eigenvalue weighted by atomic mass is 16.5. The highest BCUT2D eigenvalue weighted by Crippen LogP contribution is 2.26. The Bertz CT molecular complexity index is 963. The first kappa shape index (κ1) is 22.5. The number of nitrogens with zero attached hydrogens (tertiary/aromatic N) is 3. The molecule has 0 saturated carbocycles. The summed E-state index contributed by atoms with van der Waals surface area (Å²) in [5.74, 6) is 0.785. The third-order valence-electron chi connectivity index (χ3n) is 6.52. The Labute approximate surface area is 188 Å². The van der Waals surface area contributed by atoms with Gasteiger partial charge in [-0.2, -0.15) is 0 Å². The molecule has 0 spiro atoms. The van der Waals surface area contributed by atoms with Crippen LogP contribution in [-0.2, 0) is 16.1 Å². The molecule has 2 aliphatic rings. The summed E-state index contributed by atoms with van der Waals surface area (Å²) in [5.41, 5.74) is -0.0775. The molecule has 8 heteroatoms. The second-order valence-electron chi connectivity index (χ2n) is 9.07. The third kappa shape index (κ3) is 5.55. The Hall–Kier alpha value is -2.71. The van der Waals surface area contributed by atoms with E-state index >= 15 is 0 Å². The molecule has 3 heterocycles. The number of hydrogen-bond donors (Lipinski definition) is 2. The van der Waals surface area contributed by atoms with Crippen LogP contribution >= 0.6 is 0 Å². The molecule has 4 rings (SSSR count). The van der Waals surface area contributed by atoms with E-state index < -0.39 is 5.60 Å². The Kier molecular flexibility index (Phi) is 6.91. The molecule has 2 saturated heterocycles. The number of amides is 1. The zero-order chi connectivity index (χ0) is 22.6. The molecule has 32 heavy (non-hydrogen) atoms. The van der Waals surface area contributed by atoms with Gasteiger partial charge in [0.15, 0.2) is 0 Å². The molecule has 2 fully saturated rings. The SMILES string of the molecule is C[C@H](CC(=O)N1CCC(O)(Cn2cnc(NC3CCOC3)cc2=O)CC1)c1ccccc1. The molecule has 1 aromatic heterocycles. The Balaban J connectivity index is 1.30. The summed E-state index contributed by atoms with van der Waals surface area (Å²) in [5, 5.41) is 14.3. The molecular weight excluding hydrogens is 408 g/mol. The monoisotopic (exact) mass is 440 g/mol. The summed E-state index contributed by atoms with van der Waals surface area (Å²) >= 11 is 0. The van der Waals surface area contributed by atoms with Crippen LogP contribution in [0.2, 0.25) is 0 Å². The second kappa shape index (κ2) is 9.83. The van der Waals surface area contributed by atoms with Crippen LogP contribution in [0.1, 0.15) is 44.1 Å². The molecule has 2 N–H and O–H groups in total. The number of aromatic nitrogens is 2. The molecule has 1 aromatic carbocycles. The summed E-state index contributed by atoms with van der Waals surface area (Å²) < 4.78 is 6.78. The lowest BCUT2D eigenvalue weighted by atomic mass is 9.90. The van der Waals surface area contributed by atoms with Crippen molar-refractivity contribution in [3.05, 3.63) is 58.6 Å². The van der Waals surface area contributed by atoms with Gasteiger partial charge in [0, 0.05) is 32.2 Å². The van der Waals surface area contributed by atoms with Gasteiger partial charge in [0.1, 0.15) is 5.82 Å². The topological polar surface area (TPSA) is 96.7 Å². The number of piperidine rings is 1. The highest BCUT2D eigenvalue weighted by molar-refractivity contribution is 5.77. The van der Waals surface area contributed by atoms with Crippen LogP contribution in [0.3, 0.4) is 0 Å². The predicted molar refractivity (Wildman–Crippen MR) is 122 cm³/mol. The first-order chi connectivity index (χ1) is 15.4. The number of aliphatic hydroxyl groups is 1. The van der Waals surface area contributed by atoms with Crippen LogP contribution in [0.25, 0.3) is 0 Å². The van der Waals surface area contributed by atoms with E-state index in [4.69, 9.17) is 4.74 Å². The van der Waals surface area contributed by atoms with Crippen molar-refractivity contribution in [1.29, 1.82) is 0 Å². The van der Waals surface area contributed by atoms with Gasteiger partial charge in [0.25, 0.3) is 5.56 Å².